The summed E-state index contributed by atoms with van der Waals surface area (Å²) in [5.74, 6) is 6.82. The number of fused-ring (bicyclic) bond motifs is 1. The molecule has 0 aliphatic heterocycles. The van der Waals surface area contributed by atoms with Crippen molar-refractivity contribution >= 4 is 11.0 Å². The Hall–Kier alpha value is -2.80. The predicted molar refractivity (Wildman–Crippen MR) is 72.9 cm³/mol. The van der Waals surface area contributed by atoms with Gasteiger partial charge in [0.05, 0.1) is 7.11 Å². The second-order valence-electron chi connectivity index (χ2n) is 3.90. The van der Waals surface area contributed by atoms with Crippen LogP contribution in [-0.4, -0.2) is 22.1 Å². The van der Waals surface area contributed by atoms with Crippen molar-refractivity contribution in [3.63, 3.8) is 0 Å². The number of aromatic nitrogens is 3. The van der Waals surface area contributed by atoms with E-state index in [-0.39, 0.29) is 0 Å². The number of hydrogen-bond donors (Lipinski definition) is 1. The fraction of sp³-hybridized carbons (Fsp3) is 0.0667. The molecule has 0 aliphatic rings. The van der Waals surface area contributed by atoms with Crippen LogP contribution >= 0.6 is 0 Å². The zero-order valence-electron chi connectivity index (χ0n) is 10.3. The van der Waals surface area contributed by atoms with Crippen molar-refractivity contribution in [1.82, 2.24) is 15.0 Å². The van der Waals surface area contributed by atoms with Crippen LogP contribution in [-0.2, 0) is 0 Å². The van der Waals surface area contributed by atoms with Crippen molar-refractivity contribution in [3.05, 3.63) is 54.1 Å². The van der Waals surface area contributed by atoms with Gasteiger partial charge in [-0.1, -0.05) is 5.92 Å². The van der Waals surface area contributed by atoms with Crippen molar-refractivity contribution in [2.24, 2.45) is 0 Å². The first-order valence-electron chi connectivity index (χ1n) is 5.81. The number of hydrogen-bond acceptors (Lipinski definition) is 3. The van der Waals surface area contributed by atoms with Gasteiger partial charge in [-0.15, -0.1) is 0 Å². The van der Waals surface area contributed by atoms with Gasteiger partial charge in [0.1, 0.15) is 5.65 Å². The van der Waals surface area contributed by atoms with E-state index >= 15 is 0 Å². The Balaban J connectivity index is 2.06. The van der Waals surface area contributed by atoms with E-state index in [1.54, 1.807) is 19.5 Å². The van der Waals surface area contributed by atoms with Crippen LogP contribution in [0.25, 0.3) is 11.0 Å². The van der Waals surface area contributed by atoms with Gasteiger partial charge in [-0.05, 0) is 30.2 Å². The molecule has 92 valence electrons. The molecule has 0 unspecified atom stereocenters. The number of methoxy groups -OCH3 is 1. The van der Waals surface area contributed by atoms with E-state index in [1.807, 2.05) is 30.5 Å². The lowest BCUT2D eigenvalue weighted by Crippen LogP contribution is -1.90. The SMILES string of the molecule is COc1cccnc1C#Cc1ccnc2[nH]ccc12. The molecule has 3 rings (SSSR count). The zero-order chi connectivity index (χ0) is 13.1. The molecule has 3 heterocycles. The molecule has 3 aromatic rings. The number of H-pyrrole nitrogens is 1. The molecule has 0 saturated heterocycles. The summed E-state index contributed by atoms with van der Waals surface area (Å²) in [4.78, 5) is 11.5. The van der Waals surface area contributed by atoms with Crippen LogP contribution in [0.3, 0.4) is 0 Å². The van der Waals surface area contributed by atoms with E-state index in [1.165, 1.54) is 0 Å². The lowest BCUT2D eigenvalue weighted by atomic mass is 10.2. The third-order valence-corrected chi connectivity index (χ3v) is 2.77. The second-order valence-corrected chi connectivity index (χ2v) is 3.90. The van der Waals surface area contributed by atoms with Gasteiger partial charge >= 0.3 is 0 Å². The molecule has 4 heteroatoms. The Bertz CT molecular complexity index is 780. The van der Waals surface area contributed by atoms with Gasteiger partial charge in [-0.3, -0.25) is 0 Å². The Morgan fingerprint density at radius 1 is 1.11 bits per heavy atom. The fourth-order valence-electron chi connectivity index (χ4n) is 1.85. The molecule has 4 nitrogen and oxygen atoms in total. The van der Waals surface area contributed by atoms with Gasteiger partial charge in [0.25, 0.3) is 0 Å². The van der Waals surface area contributed by atoms with Crippen LogP contribution in [0.5, 0.6) is 5.75 Å². The summed E-state index contributed by atoms with van der Waals surface area (Å²) in [6, 6.07) is 7.51. The van der Waals surface area contributed by atoms with Gasteiger partial charge in [0.15, 0.2) is 11.4 Å². The van der Waals surface area contributed by atoms with Crippen molar-refractivity contribution < 1.29 is 4.74 Å². The van der Waals surface area contributed by atoms with Crippen LogP contribution in [0.15, 0.2) is 42.9 Å². The van der Waals surface area contributed by atoms with E-state index in [9.17, 15) is 0 Å². The van der Waals surface area contributed by atoms with E-state index in [4.69, 9.17) is 4.74 Å². The number of nitrogens with one attached hydrogen (secondary N) is 1. The van der Waals surface area contributed by atoms with Gasteiger partial charge in [0.2, 0.25) is 0 Å². The third kappa shape index (κ3) is 2.14. The number of rotatable bonds is 1. The maximum Gasteiger partial charge on any atom is 0.155 e. The maximum absolute atomic E-state index is 5.22. The second kappa shape index (κ2) is 4.83. The number of aromatic amines is 1. The molecule has 0 aromatic carbocycles. The molecule has 3 aromatic heterocycles. The zero-order valence-corrected chi connectivity index (χ0v) is 10.3. The number of pyridine rings is 2. The van der Waals surface area contributed by atoms with Gasteiger partial charge in [0, 0.05) is 29.5 Å². The van der Waals surface area contributed by atoms with E-state index in [0.29, 0.717) is 11.4 Å². The Kier molecular flexibility index (Phi) is 2.87. The van der Waals surface area contributed by atoms with E-state index in [0.717, 1.165) is 16.6 Å². The lowest BCUT2D eigenvalue weighted by Gasteiger charge is -2.00. The minimum atomic E-state index is 0.630. The summed E-state index contributed by atoms with van der Waals surface area (Å²) >= 11 is 0. The van der Waals surface area contributed by atoms with Crippen molar-refractivity contribution in [3.8, 4) is 17.6 Å². The van der Waals surface area contributed by atoms with Gasteiger partial charge in [-0.25, -0.2) is 9.97 Å². The molecule has 0 aliphatic carbocycles. The number of ether oxygens (including phenoxy) is 1. The molecule has 0 fully saturated rings. The average molecular weight is 249 g/mol. The Morgan fingerprint density at radius 3 is 2.95 bits per heavy atom. The van der Waals surface area contributed by atoms with Crippen LogP contribution in [0.1, 0.15) is 11.3 Å². The highest BCUT2D eigenvalue weighted by atomic mass is 16.5. The standard InChI is InChI=1S/C15H11N3O/c1-19-14-3-2-8-16-13(14)5-4-11-6-9-17-15-12(11)7-10-18-15/h2-3,6-10H,1H3,(H,17,18). The Labute approximate surface area is 110 Å². The Morgan fingerprint density at radius 2 is 2.05 bits per heavy atom. The normalized spacial score (nSPS) is 9.95. The van der Waals surface area contributed by atoms with Crippen molar-refractivity contribution in [1.29, 1.82) is 0 Å². The topological polar surface area (TPSA) is 50.8 Å². The monoisotopic (exact) mass is 249 g/mol. The maximum atomic E-state index is 5.22. The van der Waals surface area contributed by atoms with Gasteiger partial charge in [-0.2, -0.15) is 0 Å². The number of nitrogens with zero attached hydrogens (tertiary/aromatic N) is 2. The molecular formula is C15H11N3O. The van der Waals surface area contributed by atoms with E-state index < -0.39 is 0 Å². The summed E-state index contributed by atoms with van der Waals surface area (Å²) in [7, 11) is 1.61. The quantitative estimate of drug-likeness (QED) is 0.673. The molecule has 0 spiro atoms. The molecular weight excluding hydrogens is 238 g/mol. The first kappa shape index (κ1) is 11.3. The molecule has 0 bridgehead atoms. The molecule has 0 radical (unpaired) electrons. The summed E-state index contributed by atoms with van der Waals surface area (Å²) in [5, 5.41) is 1.00. The van der Waals surface area contributed by atoms with Crippen molar-refractivity contribution in [2.75, 3.05) is 7.11 Å². The average Bonchev–Trinajstić information content (AvgIpc) is 2.94. The molecule has 0 amide bonds. The summed E-state index contributed by atoms with van der Waals surface area (Å²) in [5.41, 5.74) is 2.38. The first-order chi connectivity index (χ1) is 9.38. The third-order valence-electron chi connectivity index (χ3n) is 2.77. The highest BCUT2D eigenvalue weighted by molar-refractivity contribution is 5.82. The molecule has 0 saturated carbocycles. The smallest absolute Gasteiger partial charge is 0.155 e. The molecule has 1 N–H and O–H groups in total. The summed E-state index contributed by atoms with van der Waals surface area (Å²) in [6.45, 7) is 0. The van der Waals surface area contributed by atoms with Crippen molar-refractivity contribution in [2.45, 2.75) is 0 Å². The fourth-order valence-corrected chi connectivity index (χ4v) is 1.85. The minimum absolute atomic E-state index is 0.630. The van der Waals surface area contributed by atoms with Crippen LogP contribution in [0.4, 0.5) is 0 Å². The summed E-state index contributed by atoms with van der Waals surface area (Å²) in [6.07, 6.45) is 5.29. The van der Waals surface area contributed by atoms with Gasteiger partial charge < -0.3 is 9.72 Å². The lowest BCUT2D eigenvalue weighted by molar-refractivity contribution is 0.411. The minimum Gasteiger partial charge on any atom is -0.494 e. The molecule has 19 heavy (non-hydrogen) atoms. The van der Waals surface area contributed by atoms with E-state index in [2.05, 4.69) is 26.8 Å². The first-order valence-corrected chi connectivity index (χ1v) is 5.81. The van der Waals surface area contributed by atoms with Crippen LogP contribution in [0, 0.1) is 11.8 Å². The summed E-state index contributed by atoms with van der Waals surface area (Å²) < 4.78 is 5.22. The predicted octanol–water partition coefficient (Wildman–Crippen LogP) is 2.37. The highest BCUT2D eigenvalue weighted by Gasteiger charge is 2.01. The van der Waals surface area contributed by atoms with Crippen LogP contribution < -0.4 is 4.74 Å². The highest BCUT2D eigenvalue weighted by Crippen LogP contribution is 2.16. The largest absolute Gasteiger partial charge is 0.494 e. The molecule has 0 atom stereocenters. The van der Waals surface area contributed by atoms with Crippen LogP contribution in [0.2, 0.25) is 0 Å².